The zero-order valence-electron chi connectivity index (χ0n) is 14.6. The number of carbonyl (C=O) groups is 1. The van der Waals surface area contributed by atoms with Crippen LogP contribution in [0.5, 0.6) is 0 Å². The van der Waals surface area contributed by atoms with E-state index in [1.54, 1.807) is 29.0 Å². The number of benzene rings is 1. The van der Waals surface area contributed by atoms with E-state index in [4.69, 9.17) is 17.0 Å². The topological polar surface area (TPSA) is 88.0 Å². The van der Waals surface area contributed by atoms with Crippen LogP contribution in [-0.4, -0.2) is 59.1 Å². The lowest BCUT2D eigenvalue weighted by Gasteiger charge is -2.38. The van der Waals surface area contributed by atoms with Crippen LogP contribution < -0.4 is 5.32 Å². The number of non-ortho nitro benzene ring substituents is 1. The number of hydrogen-bond donors (Lipinski definition) is 1. The average molecular weight is 376 g/mol. The molecule has 138 valence electrons. The van der Waals surface area contributed by atoms with Crippen molar-refractivity contribution in [2.24, 2.45) is 0 Å². The highest BCUT2D eigenvalue weighted by Crippen LogP contribution is 2.32. The van der Waals surface area contributed by atoms with E-state index >= 15 is 0 Å². The highest BCUT2D eigenvalue weighted by Gasteiger charge is 2.35. The first kappa shape index (κ1) is 18.3. The smallest absolute Gasteiger partial charge is 0.269 e. The lowest BCUT2D eigenvalue weighted by atomic mass is 9.93. The van der Waals surface area contributed by atoms with Gasteiger partial charge in [0.1, 0.15) is 0 Å². The molecule has 0 spiro atoms. The molecule has 1 aromatic carbocycles. The van der Waals surface area contributed by atoms with Gasteiger partial charge in [0, 0.05) is 38.0 Å². The lowest BCUT2D eigenvalue weighted by molar-refractivity contribution is -0.384. The highest BCUT2D eigenvalue weighted by atomic mass is 32.1. The molecule has 0 unspecified atom stereocenters. The summed E-state index contributed by atoms with van der Waals surface area (Å²) in [5.74, 6) is -0.107. The second-order valence-corrected chi connectivity index (χ2v) is 6.58. The summed E-state index contributed by atoms with van der Waals surface area (Å²) < 4.78 is 5.32. The van der Waals surface area contributed by atoms with Crippen molar-refractivity contribution in [1.82, 2.24) is 15.1 Å². The zero-order chi connectivity index (χ0) is 18.8. The van der Waals surface area contributed by atoms with Gasteiger partial charge in [-0.15, -0.1) is 0 Å². The molecule has 1 fully saturated rings. The van der Waals surface area contributed by atoms with Crippen LogP contribution in [0.4, 0.5) is 5.69 Å². The molecule has 0 radical (unpaired) electrons. The summed E-state index contributed by atoms with van der Waals surface area (Å²) in [6.45, 7) is 3.88. The molecule has 2 heterocycles. The second-order valence-electron chi connectivity index (χ2n) is 6.20. The predicted octanol–water partition coefficient (Wildman–Crippen LogP) is 1.59. The minimum absolute atomic E-state index is 0.0232. The molecule has 0 aliphatic carbocycles. The largest absolute Gasteiger partial charge is 0.378 e. The van der Waals surface area contributed by atoms with Crippen LogP contribution in [0.3, 0.4) is 0 Å². The first-order valence-corrected chi connectivity index (χ1v) is 8.67. The fourth-order valence-corrected chi connectivity index (χ4v) is 3.37. The number of carbonyl (C=O) groups excluding carboxylic acids is 1. The van der Waals surface area contributed by atoms with Gasteiger partial charge >= 0.3 is 0 Å². The minimum Gasteiger partial charge on any atom is -0.378 e. The molecular weight excluding hydrogens is 356 g/mol. The van der Waals surface area contributed by atoms with Gasteiger partial charge in [-0.3, -0.25) is 14.9 Å². The molecule has 2 aliphatic heterocycles. The second kappa shape index (κ2) is 7.38. The van der Waals surface area contributed by atoms with E-state index in [0.29, 0.717) is 42.6 Å². The summed E-state index contributed by atoms with van der Waals surface area (Å²) in [6, 6.07) is 5.75. The molecule has 0 saturated carbocycles. The number of ether oxygens (including phenoxy) is 1. The van der Waals surface area contributed by atoms with Crippen molar-refractivity contribution in [2.45, 2.75) is 13.0 Å². The molecule has 0 bridgehead atoms. The molecule has 3 rings (SSSR count). The molecule has 9 heteroatoms. The third kappa shape index (κ3) is 3.40. The van der Waals surface area contributed by atoms with Crippen molar-refractivity contribution < 1.29 is 14.5 Å². The fourth-order valence-electron chi connectivity index (χ4n) is 3.12. The van der Waals surface area contributed by atoms with Crippen LogP contribution in [0.15, 0.2) is 35.5 Å². The van der Waals surface area contributed by atoms with Crippen molar-refractivity contribution in [3.63, 3.8) is 0 Å². The van der Waals surface area contributed by atoms with Crippen LogP contribution in [0.2, 0.25) is 0 Å². The highest BCUT2D eigenvalue weighted by molar-refractivity contribution is 7.80. The predicted molar refractivity (Wildman–Crippen MR) is 99.4 cm³/mol. The van der Waals surface area contributed by atoms with E-state index in [1.807, 2.05) is 6.92 Å². The maximum absolute atomic E-state index is 13.2. The molecular formula is C17H20N4O4S. The zero-order valence-corrected chi connectivity index (χ0v) is 15.4. The number of amides is 1. The van der Waals surface area contributed by atoms with E-state index in [9.17, 15) is 14.9 Å². The Morgan fingerprint density at radius 3 is 2.73 bits per heavy atom. The summed E-state index contributed by atoms with van der Waals surface area (Å²) in [5.41, 5.74) is 1.89. The number of rotatable bonds is 3. The SMILES string of the molecule is CC1=C(C(=O)N2CCOCC2)[C@H](c2cccc([N+](=O)[O-])c2)NC(=S)N1C. The molecule has 1 atom stereocenters. The Kier molecular flexibility index (Phi) is 5.19. The first-order valence-electron chi connectivity index (χ1n) is 8.26. The van der Waals surface area contributed by atoms with Gasteiger partial charge in [0.25, 0.3) is 11.6 Å². The molecule has 1 saturated heterocycles. The Labute approximate surface area is 156 Å². The quantitative estimate of drug-likeness (QED) is 0.487. The van der Waals surface area contributed by atoms with Gasteiger partial charge in [0.05, 0.1) is 29.8 Å². The Morgan fingerprint density at radius 2 is 2.08 bits per heavy atom. The molecule has 1 aromatic rings. The van der Waals surface area contributed by atoms with Crippen molar-refractivity contribution in [1.29, 1.82) is 0 Å². The number of nitrogens with one attached hydrogen (secondary N) is 1. The van der Waals surface area contributed by atoms with Gasteiger partial charge < -0.3 is 19.9 Å². The van der Waals surface area contributed by atoms with E-state index in [2.05, 4.69) is 5.32 Å². The maximum Gasteiger partial charge on any atom is 0.269 e. The van der Waals surface area contributed by atoms with Gasteiger partial charge in [-0.2, -0.15) is 0 Å². The average Bonchev–Trinajstić information content (AvgIpc) is 2.66. The Balaban J connectivity index is 2.03. The van der Waals surface area contributed by atoms with E-state index in [0.717, 1.165) is 5.70 Å². The number of allylic oxidation sites excluding steroid dienone is 1. The first-order chi connectivity index (χ1) is 12.4. The van der Waals surface area contributed by atoms with Crippen LogP contribution >= 0.6 is 12.2 Å². The standard InChI is InChI=1S/C17H20N4O4S/c1-11-14(16(22)20-6-8-25-9-7-20)15(18-17(26)19(11)2)12-4-3-5-13(10-12)21(23)24/h3-5,10,15H,6-9H2,1-2H3,(H,18,26)/t15-/m0/s1. The summed E-state index contributed by atoms with van der Waals surface area (Å²) in [7, 11) is 1.79. The monoisotopic (exact) mass is 376 g/mol. The Hall–Kier alpha value is -2.52. The summed E-state index contributed by atoms with van der Waals surface area (Å²) in [4.78, 5) is 27.4. The third-order valence-electron chi connectivity index (χ3n) is 4.70. The molecule has 2 aliphatic rings. The van der Waals surface area contributed by atoms with Crippen LogP contribution in [-0.2, 0) is 9.53 Å². The molecule has 0 aromatic heterocycles. The van der Waals surface area contributed by atoms with Gasteiger partial charge in [0.15, 0.2) is 5.11 Å². The van der Waals surface area contributed by atoms with Crippen molar-refractivity contribution in [2.75, 3.05) is 33.4 Å². The summed E-state index contributed by atoms with van der Waals surface area (Å²) in [6.07, 6.45) is 0. The molecule has 1 amide bonds. The number of hydrogen-bond acceptors (Lipinski definition) is 5. The third-order valence-corrected chi connectivity index (χ3v) is 5.09. The van der Waals surface area contributed by atoms with Gasteiger partial charge in [-0.05, 0) is 24.7 Å². The summed E-state index contributed by atoms with van der Waals surface area (Å²) in [5, 5.41) is 14.7. The Morgan fingerprint density at radius 1 is 1.38 bits per heavy atom. The van der Waals surface area contributed by atoms with Crippen molar-refractivity contribution >= 4 is 28.9 Å². The number of nitrogens with zero attached hydrogens (tertiary/aromatic N) is 3. The van der Waals surface area contributed by atoms with Crippen LogP contribution in [0, 0.1) is 10.1 Å². The normalized spacial score (nSPS) is 20.8. The molecule has 8 nitrogen and oxygen atoms in total. The number of nitro groups is 1. The van der Waals surface area contributed by atoms with Gasteiger partial charge in [-0.1, -0.05) is 12.1 Å². The molecule has 26 heavy (non-hydrogen) atoms. The number of nitro benzene ring substituents is 1. The fraction of sp³-hybridized carbons (Fsp3) is 0.412. The van der Waals surface area contributed by atoms with E-state index in [-0.39, 0.29) is 11.6 Å². The maximum atomic E-state index is 13.2. The van der Waals surface area contributed by atoms with Gasteiger partial charge in [-0.25, -0.2) is 0 Å². The van der Waals surface area contributed by atoms with Crippen molar-refractivity contribution in [3.8, 4) is 0 Å². The lowest BCUT2D eigenvalue weighted by Crippen LogP contribution is -2.50. The Bertz CT molecular complexity index is 789. The number of thiocarbonyl (C=S) groups is 1. The van der Waals surface area contributed by atoms with E-state index in [1.165, 1.54) is 12.1 Å². The van der Waals surface area contributed by atoms with E-state index < -0.39 is 11.0 Å². The number of morpholine rings is 1. The van der Waals surface area contributed by atoms with Crippen LogP contribution in [0.1, 0.15) is 18.5 Å². The molecule has 1 N–H and O–H groups in total. The van der Waals surface area contributed by atoms with Gasteiger partial charge in [0.2, 0.25) is 0 Å². The summed E-state index contributed by atoms with van der Waals surface area (Å²) >= 11 is 5.36. The van der Waals surface area contributed by atoms with Crippen molar-refractivity contribution in [3.05, 3.63) is 51.2 Å². The van der Waals surface area contributed by atoms with Crippen LogP contribution in [0.25, 0.3) is 0 Å². The minimum atomic E-state index is -0.533.